The molecular formula is C11H17FN2O2S. The van der Waals surface area contributed by atoms with Gasteiger partial charge in [-0.25, -0.2) is 12.8 Å². The molecule has 96 valence electrons. The average molecular weight is 260 g/mol. The molecule has 0 aliphatic rings. The van der Waals surface area contributed by atoms with Crippen molar-refractivity contribution in [1.29, 1.82) is 0 Å². The quantitative estimate of drug-likeness (QED) is 0.819. The van der Waals surface area contributed by atoms with Gasteiger partial charge in [-0.3, -0.25) is 4.72 Å². The van der Waals surface area contributed by atoms with Crippen LogP contribution in [-0.2, 0) is 16.6 Å². The number of nitrogens with one attached hydrogen (secondary N) is 1. The van der Waals surface area contributed by atoms with Gasteiger partial charge < -0.3 is 5.73 Å². The lowest BCUT2D eigenvalue weighted by atomic mass is 10.2. The Morgan fingerprint density at radius 1 is 1.41 bits per heavy atom. The van der Waals surface area contributed by atoms with Crippen LogP contribution in [0.4, 0.5) is 10.1 Å². The first-order valence-electron chi connectivity index (χ1n) is 5.48. The van der Waals surface area contributed by atoms with Crippen LogP contribution >= 0.6 is 0 Å². The van der Waals surface area contributed by atoms with Crippen molar-refractivity contribution < 1.29 is 12.8 Å². The van der Waals surface area contributed by atoms with Crippen LogP contribution in [0, 0.1) is 5.82 Å². The van der Waals surface area contributed by atoms with Crippen molar-refractivity contribution in [2.24, 2.45) is 5.73 Å². The summed E-state index contributed by atoms with van der Waals surface area (Å²) in [6.45, 7) is 1.86. The Bertz CT molecular complexity index is 474. The molecule has 0 aromatic heterocycles. The lowest BCUT2D eigenvalue weighted by Gasteiger charge is -2.11. The average Bonchev–Trinajstić information content (AvgIpc) is 2.26. The maximum atomic E-state index is 13.4. The van der Waals surface area contributed by atoms with Crippen molar-refractivity contribution in [1.82, 2.24) is 0 Å². The number of nitrogens with two attached hydrogens (primary N) is 1. The SMILES string of the molecule is CCCCS(=O)(=O)Nc1cccc(F)c1CN. The summed E-state index contributed by atoms with van der Waals surface area (Å²) in [6.07, 6.45) is 1.36. The molecule has 1 aromatic rings. The van der Waals surface area contributed by atoms with Gasteiger partial charge in [0.15, 0.2) is 0 Å². The maximum absolute atomic E-state index is 13.4. The number of rotatable bonds is 6. The normalized spacial score (nSPS) is 11.5. The first kappa shape index (κ1) is 13.9. The number of unbranched alkanes of at least 4 members (excludes halogenated alkanes) is 1. The van der Waals surface area contributed by atoms with Crippen LogP contribution in [0.25, 0.3) is 0 Å². The van der Waals surface area contributed by atoms with Gasteiger partial charge in [-0.15, -0.1) is 0 Å². The summed E-state index contributed by atoms with van der Waals surface area (Å²) < 4.78 is 39.1. The molecular weight excluding hydrogens is 243 g/mol. The lowest BCUT2D eigenvalue weighted by Crippen LogP contribution is -2.18. The number of halogens is 1. The van der Waals surface area contributed by atoms with E-state index in [-0.39, 0.29) is 23.5 Å². The number of hydrogen-bond acceptors (Lipinski definition) is 3. The molecule has 0 bridgehead atoms. The molecule has 0 radical (unpaired) electrons. The summed E-state index contributed by atoms with van der Waals surface area (Å²) in [5, 5.41) is 0. The van der Waals surface area contributed by atoms with Gasteiger partial charge in [0.1, 0.15) is 5.82 Å². The minimum atomic E-state index is -3.42. The number of anilines is 1. The largest absolute Gasteiger partial charge is 0.326 e. The van der Waals surface area contributed by atoms with Gasteiger partial charge in [-0.05, 0) is 18.6 Å². The number of benzene rings is 1. The zero-order valence-corrected chi connectivity index (χ0v) is 10.6. The molecule has 4 nitrogen and oxygen atoms in total. The Balaban J connectivity index is 2.91. The summed E-state index contributed by atoms with van der Waals surface area (Å²) in [5.74, 6) is -0.465. The van der Waals surface area contributed by atoms with Gasteiger partial charge in [0.2, 0.25) is 10.0 Å². The van der Waals surface area contributed by atoms with Crippen LogP contribution in [0.2, 0.25) is 0 Å². The predicted molar refractivity (Wildman–Crippen MR) is 66.6 cm³/mol. The van der Waals surface area contributed by atoms with Crippen LogP contribution in [0.3, 0.4) is 0 Å². The van der Waals surface area contributed by atoms with Gasteiger partial charge in [0, 0.05) is 12.1 Å². The first-order chi connectivity index (χ1) is 8.00. The molecule has 0 spiro atoms. The zero-order chi connectivity index (χ0) is 12.9. The molecule has 3 N–H and O–H groups in total. The third-order valence-electron chi connectivity index (χ3n) is 2.36. The Kier molecular flexibility index (Phi) is 4.89. The van der Waals surface area contributed by atoms with Gasteiger partial charge >= 0.3 is 0 Å². The van der Waals surface area contributed by atoms with Crippen LogP contribution in [-0.4, -0.2) is 14.2 Å². The van der Waals surface area contributed by atoms with Crippen LogP contribution in [0.15, 0.2) is 18.2 Å². The highest BCUT2D eigenvalue weighted by Gasteiger charge is 2.13. The van der Waals surface area contributed by atoms with Gasteiger partial charge in [0.25, 0.3) is 0 Å². The van der Waals surface area contributed by atoms with E-state index in [1.54, 1.807) is 0 Å². The molecule has 0 unspecified atom stereocenters. The van der Waals surface area contributed by atoms with Crippen molar-refractivity contribution in [2.75, 3.05) is 10.5 Å². The minimum Gasteiger partial charge on any atom is -0.326 e. The predicted octanol–water partition coefficient (Wildman–Crippen LogP) is 1.83. The molecule has 0 heterocycles. The van der Waals surface area contributed by atoms with Crippen molar-refractivity contribution in [2.45, 2.75) is 26.3 Å². The maximum Gasteiger partial charge on any atom is 0.232 e. The van der Waals surface area contributed by atoms with E-state index in [1.807, 2.05) is 6.92 Å². The third kappa shape index (κ3) is 3.98. The van der Waals surface area contributed by atoms with E-state index in [9.17, 15) is 12.8 Å². The highest BCUT2D eigenvalue weighted by molar-refractivity contribution is 7.92. The highest BCUT2D eigenvalue weighted by atomic mass is 32.2. The fraction of sp³-hybridized carbons (Fsp3) is 0.455. The second-order valence-electron chi connectivity index (χ2n) is 3.74. The fourth-order valence-corrected chi connectivity index (χ4v) is 2.71. The van der Waals surface area contributed by atoms with E-state index in [0.717, 1.165) is 6.42 Å². The van der Waals surface area contributed by atoms with E-state index < -0.39 is 15.8 Å². The summed E-state index contributed by atoms with van der Waals surface area (Å²) in [6, 6.07) is 4.22. The van der Waals surface area contributed by atoms with Gasteiger partial charge in [-0.2, -0.15) is 0 Å². The molecule has 1 aromatic carbocycles. The smallest absolute Gasteiger partial charge is 0.232 e. The Morgan fingerprint density at radius 3 is 2.71 bits per heavy atom. The zero-order valence-electron chi connectivity index (χ0n) is 9.74. The molecule has 17 heavy (non-hydrogen) atoms. The second-order valence-corrected chi connectivity index (χ2v) is 5.59. The molecule has 0 fully saturated rings. The van der Waals surface area contributed by atoms with Crippen LogP contribution in [0.5, 0.6) is 0 Å². The molecule has 0 atom stereocenters. The molecule has 6 heteroatoms. The third-order valence-corrected chi connectivity index (χ3v) is 3.71. The lowest BCUT2D eigenvalue weighted by molar-refractivity contribution is 0.597. The van der Waals surface area contributed by atoms with E-state index in [4.69, 9.17) is 5.73 Å². The Labute approximate surface area is 101 Å². The highest BCUT2D eigenvalue weighted by Crippen LogP contribution is 2.19. The Hall–Kier alpha value is -1.14. The van der Waals surface area contributed by atoms with E-state index in [2.05, 4.69) is 4.72 Å². The summed E-state index contributed by atoms with van der Waals surface area (Å²) in [5.41, 5.74) is 5.81. The summed E-state index contributed by atoms with van der Waals surface area (Å²) in [7, 11) is -3.42. The molecule has 0 saturated heterocycles. The van der Waals surface area contributed by atoms with E-state index >= 15 is 0 Å². The van der Waals surface area contributed by atoms with Crippen molar-refractivity contribution in [3.8, 4) is 0 Å². The van der Waals surface area contributed by atoms with E-state index in [0.29, 0.717) is 6.42 Å². The van der Waals surface area contributed by atoms with Gasteiger partial charge in [-0.1, -0.05) is 19.4 Å². The molecule has 0 aliphatic heterocycles. The standard InChI is InChI=1S/C11H17FN2O2S/c1-2-3-7-17(15,16)14-11-6-4-5-10(12)9(11)8-13/h4-6,14H,2-3,7-8,13H2,1H3. The van der Waals surface area contributed by atoms with E-state index in [1.165, 1.54) is 18.2 Å². The molecule has 0 amide bonds. The molecule has 1 rings (SSSR count). The first-order valence-corrected chi connectivity index (χ1v) is 7.13. The van der Waals surface area contributed by atoms with Crippen LogP contribution in [0.1, 0.15) is 25.3 Å². The second kappa shape index (κ2) is 5.97. The monoisotopic (exact) mass is 260 g/mol. The Morgan fingerprint density at radius 2 is 2.12 bits per heavy atom. The number of hydrogen-bond donors (Lipinski definition) is 2. The molecule has 0 aliphatic carbocycles. The van der Waals surface area contributed by atoms with Crippen molar-refractivity contribution >= 4 is 15.7 Å². The molecule has 0 saturated carbocycles. The topological polar surface area (TPSA) is 72.2 Å². The summed E-state index contributed by atoms with van der Waals surface area (Å²) in [4.78, 5) is 0. The number of sulfonamides is 1. The van der Waals surface area contributed by atoms with Gasteiger partial charge in [0.05, 0.1) is 11.4 Å². The van der Waals surface area contributed by atoms with Crippen molar-refractivity contribution in [3.63, 3.8) is 0 Å². The van der Waals surface area contributed by atoms with Crippen LogP contribution < -0.4 is 10.5 Å². The van der Waals surface area contributed by atoms with Crippen molar-refractivity contribution in [3.05, 3.63) is 29.6 Å². The minimum absolute atomic E-state index is 0.0318. The summed E-state index contributed by atoms with van der Waals surface area (Å²) >= 11 is 0. The fourth-order valence-electron chi connectivity index (χ4n) is 1.41.